The van der Waals surface area contributed by atoms with Gasteiger partial charge in [-0.1, -0.05) is 55.5 Å². The number of para-hydroxylation sites is 2. The van der Waals surface area contributed by atoms with E-state index in [9.17, 15) is 4.79 Å². The number of fused-ring (bicyclic) bond motifs is 4. The van der Waals surface area contributed by atoms with Gasteiger partial charge < -0.3 is 10.2 Å². The van der Waals surface area contributed by atoms with Crippen molar-refractivity contribution in [3.05, 3.63) is 100 Å². The van der Waals surface area contributed by atoms with Crippen LogP contribution in [-0.2, 0) is 4.79 Å². The van der Waals surface area contributed by atoms with Crippen molar-refractivity contribution in [1.82, 2.24) is 9.55 Å². The van der Waals surface area contributed by atoms with Gasteiger partial charge in [-0.2, -0.15) is 0 Å². The van der Waals surface area contributed by atoms with Crippen molar-refractivity contribution in [3.8, 4) is 0 Å². The minimum atomic E-state index is -0.202. The molecule has 0 bridgehead atoms. The molecule has 3 heterocycles. The molecule has 198 valence electrons. The number of hydrogen-bond donors (Lipinski definition) is 1. The largest absolute Gasteiger partial charge is 0.369 e. The Labute approximate surface area is 230 Å². The average Bonchev–Trinajstić information content (AvgIpc) is 3.28. The Morgan fingerprint density at radius 1 is 0.974 bits per heavy atom. The van der Waals surface area contributed by atoms with Gasteiger partial charge in [-0.15, -0.1) is 0 Å². The molecule has 3 unspecified atom stereocenters. The summed E-state index contributed by atoms with van der Waals surface area (Å²) in [4.78, 5) is 21.5. The van der Waals surface area contributed by atoms with Crippen LogP contribution in [-0.4, -0.2) is 27.9 Å². The zero-order valence-electron chi connectivity index (χ0n) is 23.5. The standard InChI is InChI=1S/C34H36N4O/c1-20-10-6-7-11-24(20)23-17-27-31(30(39)18-23)32(38-29-13-9-8-12-26(29)35-33(38)36-27)22-14-15-28-25(16-22)21(2)19-34(3,4)37(28)5/h6-16,21,23,32H,17-19H2,1-5H3,(H,35,36). The Kier molecular flexibility index (Phi) is 5.32. The molecule has 0 spiro atoms. The number of hydrogen-bond acceptors (Lipinski definition) is 4. The van der Waals surface area contributed by atoms with E-state index in [2.05, 4.69) is 110 Å². The highest BCUT2D eigenvalue weighted by Gasteiger charge is 2.41. The third kappa shape index (κ3) is 3.66. The highest BCUT2D eigenvalue weighted by Crippen LogP contribution is 2.49. The van der Waals surface area contributed by atoms with Gasteiger partial charge in [-0.3, -0.25) is 9.36 Å². The number of allylic oxidation sites excluding steroid dienone is 2. The van der Waals surface area contributed by atoms with Crippen molar-refractivity contribution in [2.24, 2.45) is 0 Å². The van der Waals surface area contributed by atoms with Crippen LogP contribution < -0.4 is 10.2 Å². The predicted molar refractivity (Wildman–Crippen MR) is 159 cm³/mol. The maximum atomic E-state index is 14.1. The van der Waals surface area contributed by atoms with Gasteiger partial charge in [0, 0.05) is 36.0 Å². The molecule has 1 aliphatic carbocycles. The Morgan fingerprint density at radius 2 is 1.74 bits per heavy atom. The first-order chi connectivity index (χ1) is 18.7. The molecule has 0 amide bonds. The number of carbonyl (C=O) groups excluding carboxylic acids is 1. The summed E-state index contributed by atoms with van der Waals surface area (Å²) in [6, 6.07) is 23.4. The number of Topliss-reactive ketones (excluding diaryl/α,β-unsaturated/α-hetero) is 1. The lowest BCUT2D eigenvalue weighted by Gasteiger charge is -2.46. The normalized spacial score (nSPS) is 23.8. The molecule has 4 aromatic rings. The summed E-state index contributed by atoms with van der Waals surface area (Å²) in [6.45, 7) is 9.12. The third-order valence-corrected chi connectivity index (χ3v) is 9.50. The second-order valence-electron chi connectivity index (χ2n) is 12.4. The second kappa shape index (κ2) is 8.57. The van der Waals surface area contributed by atoms with Gasteiger partial charge in [0.1, 0.15) is 0 Å². The van der Waals surface area contributed by atoms with E-state index in [0.29, 0.717) is 12.3 Å². The molecule has 0 saturated heterocycles. The number of aryl methyl sites for hydroxylation is 1. The molecule has 0 fully saturated rings. The summed E-state index contributed by atoms with van der Waals surface area (Å²) < 4.78 is 2.25. The van der Waals surface area contributed by atoms with E-state index in [4.69, 9.17) is 4.98 Å². The van der Waals surface area contributed by atoms with Crippen molar-refractivity contribution in [2.75, 3.05) is 17.3 Å². The molecular weight excluding hydrogens is 480 g/mol. The quantitative estimate of drug-likeness (QED) is 0.300. The third-order valence-electron chi connectivity index (χ3n) is 9.50. The van der Waals surface area contributed by atoms with Crippen LogP contribution in [0.5, 0.6) is 0 Å². The van der Waals surface area contributed by atoms with Crippen LogP contribution in [0.2, 0.25) is 0 Å². The fourth-order valence-electron chi connectivity index (χ4n) is 7.37. The number of imidazole rings is 1. The molecule has 5 heteroatoms. The Morgan fingerprint density at radius 3 is 2.56 bits per heavy atom. The van der Waals surface area contributed by atoms with Crippen molar-refractivity contribution < 1.29 is 4.79 Å². The molecule has 2 aliphatic heterocycles. The maximum absolute atomic E-state index is 14.1. The zero-order chi connectivity index (χ0) is 27.1. The van der Waals surface area contributed by atoms with E-state index in [1.54, 1.807) is 0 Å². The van der Waals surface area contributed by atoms with Crippen molar-refractivity contribution >= 4 is 28.5 Å². The number of nitrogens with zero attached hydrogens (tertiary/aromatic N) is 3. The van der Waals surface area contributed by atoms with Crippen LogP contribution in [0.3, 0.4) is 0 Å². The van der Waals surface area contributed by atoms with Crippen molar-refractivity contribution in [2.45, 2.75) is 70.4 Å². The first kappa shape index (κ1) is 24.2. The van der Waals surface area contributed by atoms with E-state index in [1.807, 2.05) is 6.07 Å². The summed E-state index contributed by atoms with van der Waals surface area (Å²) in [5, 5.41) is 3.63. The summed E-state index contributed by atoms with van der Waals surface area (Å²) in [5.41, 5.74) is 10.3. The molecular formula is C34H36N4O. The number of carbonyl (C=O) groups is 1. The molecule has 5 nitrogen and oxygen atoms in total. The molecule has 39 heavy (non-hydrogen) atoms. The molecule has 3 atom stereocenters. The van der Waals surface area contributed by atoms with Crippen molar-refractivity contribution in [3.63, 3.8) is 0 Å². The topological polar surface area (TPSA) is 50.2 Å². The van der Waals surface area contributed by atoms with Crippen LogP contribution in [0, 0.1) is 6.92 Å². The van der Waals surface area contributed by atoms with Crippen LogP contribution in [0.15, 0.2) is 78.0 Å². The Bertz CT molecular complexity index is 1680. The van der Waals surface area contributed by atoms with Gasteiger partial charge in [-0.05, 0) is 85.9 Å². The fraction of sp³-hybridized carbons (Fsp3) is 0.353. The number of aromatic nitrogens is 2. The van der Waals surface area contributed by atoms with Gasteiger partial charge in [-0.25, -0.2) is 4.98 Å². The summed E-state index contributed by atoms with van der Waals surface area (Å²) >= 11 is 0. The van der Waals surface area contributed by atoms with Gasteiger partial charge in [0.2, 0.25) is 5.95 Å². The minimum absolute atomic E-state index is 0.107. The van der Waals surface area contributed by atoms with E-state index in [0.717, 1.165) is 46.7 Å². The molecule has 1 aromatic heterocycles. The monoisotopic (exact) mass is 516 g/mol. The molecule has 3 aliphatic rings. The SMILES string of the molecule is Cc1ccccc1C1CC(=O)C2=C(C1)Nc1nc3ccccc3n1C2c1ccc2c(c1)C(C)CC(C)(C)N2C. The number of ketones is 1. The van der Waals surface area contributed by atoms with E-state index in [1.165, 1.54) is 22.4 Å². The first-order valence-electron chi connectivity index (χ1n) is 14.2. The van der Waals surface area contributed by atoms with Gasteiger partial charge in [0.05, 0.1) is 17.1 Å². The maximum Gasteiger partial charge on any atom is 0.209 e. The molecule has 0 radical (unpaired) electrons. The summed E-state index contributed by atoms with van der Waals surface area (Å²) in [7, 11) is 2.20. The lowest BCUT2D eigenvalue weighted by atomic mass is 9.75. The lowest BCUT2D eigenvalue weighted by Crippen LogP contribution is -2.45. The lowest BCUT2D eigenvalue weighted by molar-refractivity contribution is -0.116. The fourth-order valence-corrected chi connectivity index (χ4v) is 7.37. The summed E-state index contributed by atoms with van der Waals surface area (Å²) in [6.07, 6.45) is 2.43. The predicted octanol–water partition coefficient (Wildman–Crippen LogP) is 7.48. The van der Waals surface area contributed by atoms with E-state index < -0.39 is 0 Å². The number of rotatable bonds is 2. The van der Waals surface area contributed by atoms with Crippen LogP contribution >= 0.6 is 0 Å². The van der Waals surface area contributed by atoms with Gasteiger partial charge >= 0.3 is 0 Å². The van der Waals surface area contributed by atoms with E-state index >= 15 is 0 Å². The molecule has 7 rings (SSSR count). The average molecular weight is 517 g/mol. The number of benzene rings is 3. The van der Waals surface area contributed by atoms with Crippen LogP contribution in [0.1, 0.15) is 80.2 Å². The van der Waals surface area contributed by atoms with Crippen molar-refractivity contribution in [1.29, 1.82) is 0 Å². The van der Waals surface area contributed by atoms with E-state index in [-0.39, 0.29) is 23.3 Å². The number of anilines is 2. The Hall–Kier alpha value is -3.86. The highest BCUT2D eigenvalue weighted by atomic mass is 16.1. The Balaban J connectivity index is 1.41. The second-order valence-corrected chi connectivity index (χ2v) is 12.4. The highest BCUT2D eigenvalue weighted by molar-refractivity contribution is 6.01. The first-order valence-corrected chi connectivity index (χ1v) is 14.2. The zero-order valence-corrected chi connectivity index (χ0v) is 23.5. The number of nitrogens with one attached hydrogen (secondary N) is 1. The molecule has 0 saturated carbocycles. The van der Waals surface area contributed by atoms with Gasteiger partial charge in [0.15, 0.2) is 5.78 Å². The summed E-state index contributed by atoms with van der Waals surface area (Å²) in [5.74, 6) is 1.66. The van der Waals surface area contributed by atoms with Crippen LogP contribution in [0.4, 0.5) is 11.6 Å². The molecule has 1 N–H and O–H groups in total. The molecule has 3 aromatic carbocycles. The van der Waals surface area contributed by atoms with Gasteiger partial charge in [0.25, 0.3) is 0 Å². The van der Waals surface area contributed by atoms with Crippen LogP contribution in [0.25, 0.3) is 11.0 Å². The minimum Gasteiger partial charge on any atom is -0.369 e. The smallest absolute Gasteiger partial charge is 0.209 e.